The Labute approximate surface area is 118 Å². The van der Waals surface area contributed by atoms with Gasteiger partial charge in [-0.25, -0.2) is 8.42 Å². The summed E-state index contributed by atoms with van der Waals surface area (Å²) in [5.41, 5.74) is 1.71. The zero-order valence-corrected chi connectivity index (χ0v) is 12.0. The predicted octanol–water partition coefficient (Wildman–Crippen LogP) is 3.70. The molecule has 0 saturated heterocycles. The minimum absolute atomic E-state index is 0.191. The summed E-state index contributed by atoms with van der Waals surface area (Å²) in [7, 11) is -3.56. The fourth-order valence-electron chi connectivity index (χ4n) is 1.64. The maximum Gasteiger partial charge on any atom is 0.261 e. The van der Waals surface area contributed by atoms with E-state index in [-0.39, 0.29) is 4.90 Å². The molecule has 5 heteroatoms. The Morgan fingerprint density at radius 2 is 1.58 bits per heavy atom. The van der Waals surface area contributed by atoms with E-state index in [1.165, 1.54) is 12.1 Å². The average molecular weight is 296 g/mol. The van der Waals surface area contributed by atoms with E-state index in [4.69, 9.17) is 11.6 Å². The van der Waals surface area contributed by atoms with Gasteiger partial charge >= 0.3 is 0 Å². The number of aryl methyl sites for hydroxylation is 1. The quantitative estimate of drug-likeness (QED) is 0.935. The minimum Gasteiger partial charge on any atom is -0.280 e. The monoisotopic (exact) mass is 295 g/mol. The molecule has 1 N–H and O–H groups in total. The highest BCUT2D eigenvalue weighted by atomic mass is 35.5. The van der Waals surface area contributed by atoms with Gasteiger partial charge in [0.2, 0.25) is 0 Å². The van der Waals surface area contributed by atoms with E-state index in [9.17, 15) is 8.42 Å². The molecule has 0 spiro atoms. The number of nitrogens with one attached hydrogen (secondary N) is 1. The number of halogens is 1. The van der Waals surface area contributed by atoms with Gasteiger partial charge in [-0.15, -0.1) is 0 Å². The zero-order chi connectivity index (χ0) is 13.9. The summed E-state index contributed by atoms with van der Waals surface area (Å²) >= 11 is 5.74. The lowest BCUT2D eigenvalue weighted by molar-refractivity contribution is 0.601. The third-order valence-electron chi connectivity index (χ3n) is 2.74. The van der Waals surface area contributed by atoms with Crippen LogP contribution in [0.1, 0.15) is 12.5 Å². The van der Waals surface area contributed by atoms with Crippen LogP contribution in [0.4, 0.5) is 5.69 Å². The number of sulfonamides is 1. The van der Waals surface area contributed by atoms with Crippen LogP contribution in [0.25, 0.3) is 0 Å². The van der Waals surface area contributed by atoms with Gasteiger partial charge in [0.05, 0.1) is 4.90 Å². The molecule has 0 unspecified atom stereocenters. The second-order valence-corrected chi connectivity index (χ2v) is 6.23. The number of benzene rings is 2. The first kappa shape index (κ1) is 13.9. The minimum atomic E-state index is -3.56. The van der Waals surface area contributed by atoms with E-state index in [2.05, 4.69) is 4.72 Å². The second kappa shape index (κ2) is 5.63. The molecule has 3 nitrogen and oxygen atoms in total. The molecule has 0 aliphatic carbocycles. The summed E-state index contributed by atoms with van der Waals surface area (Å²) in [5.74, 6) is 0. The van der Waals surface area contributed by atoms with Crippen molar-refractivity contribution in [1.82, 2.24) is 0 Å². The third-order valence-corrected chi connectivity index (χ3v) is 4.39. The largest absolute Gasteiger partial charge is 0.280 e. The third kappa shape index (κ3) is 3.49. The molecular weight excluding hydrogens is 282 g/mol. The molecule has 0 amide bonds. The van der Waals surface area contributed by atoms with Crippen LogP contribution in [0, 0.1) is 0 Å². The molecule has 100 valence electrons. The van der Waals surface area contributed by atoms with Gasteiger partial charge in [0.25, 0.3) is 10.0 Å². The molecule has 19 heavy (non-hydrogen) atoms. The maximum atomic E-state index is 12.1. The van der Waals surface area contributed by atoms with Gasteiger partial charge in [0, 0.05) is 10.7 Å². The molecule has 0 heterocycles. The average Bonchev–Trinajstić information content (AvgIpc) is 2.40. The van der Waals surface area contributed by atoms with Crippen molar-refractivity contribution >= 4 is 27.3 Å². The van der Waals surface area contributed by atoms with Gasteiger partial charge in [0.15, 0.2) is 0 Å². The van der Waals surface area contributed by atoms with Crippen LogP contribution in [0.15, 0.2) is 53.4 Å². The molecule has 0 aromatic heterocycles. The molecular formula is C14H14ClNO2S. The number of anilines is 1. The first-order valence-electron chi connectivity index (χ1n) is 5.88. The Bertz CT molecular complexity index is 649. The SMILES string of the molecule is CCc1ccc(NS(=O)(=O)c2ccc(Cl)cc2)cc1. The highest BCUT2D eigenvalue weighted by Gasteiger charge is 2.13. The molecule has 2 aromatic carbocycles. The Kier molecular flexibility index (Phi) is 4.12. The van der Waals surface area contributed by atoms with Crippen LogP contribution in [0.3, 0.4) is 0 Å². The lowest BCUT2D eigenvalue weighted by atomic mass is 10.2. The van der Waals surface area contributed by atoms with Crippen molar-refractivity contribution in [2.45, 2.75) is 18.2 Å². The number of rotatable bonds is 4. The van der Waals surface area contributed by atoms with Gasteiger partial charge in [-0.3, -0.25) is 4.72 Å². The second-order valence-electron chi connectivity index (χ2n) is 4.11. The van der Waals surface area contributed by atoms with Crippen molar-refractivity contribution in [3.05, 3.63) is 59.1 Å². The summed E-state index contributed by atoms with van der Waals surface area (Å²) in [6.45, 7) is 2.05. The van der Waals surface area contributed by atoms with Crippen molar-refractivity contribution < 1.29 is 8.42 Å². The molecule has 0 atom stereocenters. The fourth-order valence-corrected chi connectivity index (χ4v) is 2.82. The van der Waals surface area contributed by atoms with E-state index in [0.717, 1.165) is 12.0 Å². The highest BCUT2D eigenvalue weighted by molar-refractivity contribution is 7.92. The highest BCUT2D eigenvalue weighted by Crippen LogP contribution is 2.18. The van der Waals surface area contributed by atoms with Crippen molar-refractivity contribution in [3.63, 3.8) is 0 Å². The van der Waals surface area contributed by atoms with Crippen LogP contribution in [0.5, 0.6) is 0 Å². The summed E-state index contributed by atoms with van der Waals surface area (Å²) in [6, 6.07) is 13.4. The molecule has 2 rings (SSSR count). The van der Waals surface area contributed by atoms with E-state index < -0.39 is 10.0 Å². The van der Waals surface area contributed by atoms with E-state index in [1.807, 2.05) is 19.1 Å². The van der Waals surface area contributed by atoms with E-state index in [1.54, 1.807) is 24.3 Å². The summed E-state index contributed by atoms with van der Waals surface area (Å²) in [6.07, 6.45) is 0.921. The smallest absolute Gasteiger partial charge is 0.261 e. The van der Waals surface area contributed by atoms with Gasteiger partial charge in [-0.2, -0.15) is 0 Å². The standard InChI is InChI=1S/C14H14ClNO2S/c1-2-11-3-7-13(8-4-11)16-19(17,18)14-9-5-12(15)6-10-14/h3-10,16H,2H2,1H3. The first-order valence-corrected chi connectivity index (χ1v) is 7.75. The lowest BCUT2D eigenvalue weighted by Gasteiger charge is -2.08. The first-order chi connectivity index (χ1) is 9.01. The molecule has 2 aromatic rings. The van der Waals surface area contributed by atoms with Crippen LogP contribution in [-0.2, 0) is 16.4 Å². The molecule has 0 aliphatic rings. The normalized spacial score (nSPS) is 11.3. The van der Waals surface area contributed by atoms with Crippen LogP contribution in [-0.4, -0.2) is 8.42 Å². The Morgan fingerprint density at radius 3 is 2.11 bits per heavy atom. The number of hydrogen-bond acceptors (Lipinski definition) is 2. The van der Waals surface area contributed by atoms with Gasteiger partial charge in [-0.05, 0) is 48.4 Å². The van der Waals surface area contributed by atoms with Crippen molar-refractivity contribution in [2.75, 3.05) is 4.72 Å². The van der Waals surface area contributed by atoms with Gasteiger partial charge in [-0.1, -0.05) is 30.7 Å². The number of hydrogen-bond donors (Lipinski definition) is 1. The Morgan fingerprint density at radius 1 is 1.00 bits per heavy atom. The van der Waals surface area contributed by atoms with Crippen LogP contribution < -0.4 is 4.72 Å². The van der Waals surface area contributed by atoms with Crippen LogP contribution >= 0.6 is 11.6 Å². The fraction of sp³-hybridized carbons (Fsp3) is 0.143. The van der Waals surface area contributed by atoms with Crippen molar-refractivity contribution in [3.8, 4) is 0 Å². The topological polar surface area (TPSA) is 46.2 Å². The molecule has 0 fully saturated rings. The summed E-state index contributed by atoms with van der Waals surface area (Å²) in [5, 5.41) is 0.506. The summed E-state index contributed by atoms with van der Waals surface area (Å²) < 4.78 is 26.8. The Hall–Kier alpha value is -1.52. The van der Waals surface area contributed by atoms with Crippen LogP contribution in [0.2, 0.25) is 5.02 Å². The zero-order valence-electron chi connectivity index (χ0n) is 10.4. The van der Waals surface area contributed by atoms with Crippen molar-refractivity contribution in [1.29, 1.82) is 0 Å². The van der Waals surface area contributed by atoms with E-state index >= 15 is 0 Å². The molecule has 0 aliphatic heterocycles. The molecule has 0 radical (unpaired) electrons. The molecule has 0 saturated carbocycles. The van der Waals surface area contributed by atoms with Gasteiger partial charge < -0.3 is 0 Å². The van der Waals surface area contributed by atoms with Crippen molar-refractivity contribution in [2.24, 2.45) is 0 Å². The lowest BCUT2D eigenvalue weighted by Crippen LogP contribution is -2.12. The van der Waals surface area contributed by atoms with E-state index in [0.29, 0.717) is 10.7 Å². The molecule has 0 bridgehead atoms. The predicted molar refractivity (Wildman–Crippen MR) is 78.1 cm³/mol. The Balaban J connectivity index is 2.23. The maximum absolute atomic E-state index is 12.1. The summed E-state index contributed by atoms with van der Waals surface area (Å²) in [4.78, 5) is 0.191. The van der Waals surface area contributed by atoms with Gasteiger partial charge in [0.1, 0.15) is 0 Å².